The summed E-state index contributed by atoms with van der Waals surface area (Å²) < 4.78 is 5.28. The van der Waals surface area contributed by atoms with Crippen molar-refractivity contribution in [3.05, 3.63) is 41.4 Å². The number of primary amides is 1. The first-order valence-electron chi connectivity index (χ1n) is 5.50. The molecule has 1 rings (SSSR count). The molecule has 0 radical (unpaired) electrons. The van der Waals surface area contributed by atoms with Crippen LogP contribution in [-0.2, 0) is 9.59 Å². The van der Waals surface area contributed by atoms with E-state index in [-0.39, 0.29) is 11.4 Å². The number of carboxylic acids is 1. The minimum Gasteiger partial charge on any atom is -0.488 e. The van der Waals surface area contributed by atoms with E-state index in [2.05, 4.69) is 6.58 Å². The molecule has 0 aliphatic heterocycles. The molecule has 6 heteroatoms. The largest absolute Gasteiger partial charge is 0.488 e. The molecule has 0 aromatic heterocycles. The van der Waals surface area contributed by atoms with Crippen molar-refractivity contribution in [2.45, 2.75) is 12.3 Å². The van der Waals surface area contributed by atoms with Crippen LogP contribution in [0.25, 0.3) is 0 Å². The fourth-order valence-electron chi connectivity index (χ4n) is 1.56. The Bertz CT molecular complexity index is 501. The second-order valence-corrected chi connectivity index (χ2v) is 4.25. The summed E-state index contributed by atoms with van der Waals surface area (Å²) in [5.74, 6) is -2.29. The summed E-state index contributed by atoms with van der Waals surface area (Å²) in [5.41, 5.74) is 5.65. The SMILES string of the molecule is C=CCOc1ccc(C(CC(=O)O)C(N)=O)cc1Cl. The third-order valence-electron chi connectivity index (χ3n) is 2.44. The zero-order chi connectivity index (χ0) is 14.4. The van der Waals surface area contributed by atoms with E-state index in [1.165, 1.54) is 6.07 Å². The van der Waals surface area contributed by atoms with E-state index in [4.69, 9.17) is 27.2 Å². The highest BCUT2D eigenvalue weighted by atomic mass is 35.5. The molecule has 0 saturated heterocycles. The number of ether oxygens (including phenoxy) is 1. The average molecular weight is 284 g/mol. The van der Waals surface area contributed by atoms with Crippen molar-refractivity contribution in [2.24, 2.45) is 5.73 Å². The second kappa shape index (κ2) is 6.80. The maximum absolute atomic E-state index is 11.3. The molecular weight excluding hydrogens is 270 g/mol. The van der Waals surface area contributed by atoms with E-state index in [0.717, 1.165) is 0 Å². The van der Waals surface area contributed by atoms with Gasteiger partial charge in [-0.15, -0.1) is 0 Å². The van der Waals surface area contributed by atoms with E-state index < -0.39 is 17.8 Å². The Morgan fingerprint density at radius 2 is 2.21 bits per heavy atom. The molecule has 1 aromatic rings. The normalized spacial score (nSPS) is 11.6. The highest BCUT2D eigenvalue weighted by Crippen LogP contribution is 2.30. The van der Waals surface area contributed by atoms with E-state index in [0.29, 0.717) is 17.9 Å². The van der Waals surface area contributed by atoms with E-state index in [1.807, 2.05) is 0 Å². The molecule has 0 spiro atoms. The molecule has 0 fully saturated rings. The van der Waals surface area contributed by atoms with Crippen molar-refractivity contribution in [3.8, 4) is 5.75 Å². The number of benzene rings is 1. The van der Waals surface area contributed by atoms with Crippen LogP contribution in [0.2, 0.25) is 5.02 Å². The molecular formula is C13H14ClNO4. The number of halogens is 1. The number of carbonyl (C=O) groups is 2. The molecule has 1 amide bonds. The Morgan fingerprint density at radius 1 is 1.53 bits per heavy atom. The van der Waals surface area contributed by atoms with Crippen LogP contribution < -0.4 is 10.5 Å². The summed E-state index contributed by atoms with van der Waals surface area (Å²) in [5, 5.41) is 9.05. The highest BCUT2D eigenvalue weighted by Gasteiger charge is 2.22. The zero-order valence-corrected chi connectivity index (χ0v) is 10.9. The van der Waals surface area contributed by atoms with Gasteiger partial charge in [-0.1, -0.05) is 30.3 Å². The zero-order valence-electron chi connectivity index (χ0n) is 10.1. The van der Waals surface area contributed by atoms with Crippen LogP contribution in [0.4, 0.5) is 0 Å². The van der Waals surface area contributed by atoms with Gasteiger partial charge in [0.2, 0.25) is 5.91 Å². The molecule has 0 bridgehead atoms. The summed E-state index contributed by atoms with van der Waals surface area (Å²) in [6.07, 6.45) is 1.19. The van der Waals surface area contributed by atoms with Gasteiger partial charge in [0, 0.05) is 0 Å². The standard InChI is InChI=1S/C13H14ClNO4/c1-2-5-19-11-4-3-8(6-10(11)14)9(13(15)18)7-12(16)17/h2-4,6,9H,1,5,7H2,(H2,15,18)(H,16,17). The number of hydrogen-bond donors (Lipinski definition) is 2. The van der Waals surface area contributed by atoms with Gasteiger partial charge in [0.15, 0.2) is 0 Å². The minimum absolute atomic E-state index is 0.288. The number of hydrogen-bond acceptors (Lipinski definition) is 3. The van der Waals surface area contributed by atoms with Gasteiger partial charge in [0.1, 0.15) is 12.4 Å². The Kier molecular flexibility index (Phi) is 5.38. The molecule has 19 heavy (non-hydrogen) atoms. The van der Waals surface area contributed by atoms with Gasteiger partial charge in [-0.25, -0.2) is 0 Å². The predicted octanol–water partition coefficient (Wildman–Crippen LogP) is 1.95. The fourth-order valence-corrected chi connectivity index (χ4v) is 1.80. The number of nitrogens with two attached hydrogens (primary N) is 1. The van der Waals surface area contributed by atoms with Gasteiger partial charge in [-0.3, -0.25) is 9.59 Å². The van der Waals surface area contributed by atoms with Crippen LogP contribution >= 0.6 is 11.6 Å². The number of carbonyl (C=O) groups excluding carboxylic acids is 1. The maximum atomic E-state index is 11.3. The molecule has 0 saturated carbocycles. The average Bonchev–Trinajstić information content (AvgIpc) is 2.34. The topological polar surface area (TPSA) is 89.6 Å². The molecule has 0 aliphatic carbocycles. The molecule has 1 aromatic carbocycles. The molecule has 5 nitrogen and oxygen atoms in total. The Morgan fingerprint density at radius 3 is 2.68 bits per heavy atom. The molecule has 0 heterocycles. The number of carboxylic acid groups (broad SMARTS) is 1. The van der Waals surface area contributed by atoms with Gasteiger partial charge < -0.3 is 15.6 Å². The van der Waals surface area contributed by atoms with Gasteiger partial charge in [0.25, 0.3) is 0 Å². The minimum atomic E-state index is -1.10. The molecule has 3 N–H and O–H groups in total. The van der Waals surface area contributed by atoms with Crippen molar-refractivity contribution in [1.29, 1.82) is 0 Å². The highest BCUT2D eigenvalue weighted by molar-refractivity contribution is 6.32. The van der Waals surface area contributed by atoms with Crippen LogP contribution in [0.1, 0.15) is 17.9 Å². The smallest absolute Gasteiger partial charge is 0.304 e. The van der Waals surface area contributed by atoms with Crippen LogP contribution in [0.5, 0.6) is 5.75 Å². The number of rotatable bonds is 7. The van der Waals surface area contributed by atoms with Gasteiger partial charge in [-0.2, -0.15) is 0 Å². The predicted molar refractivity (Wildman–Crippen MR) is 71.3 cm³/mol. The fraction of sp³-hybridized carbons (Fsp3) is 0.231. The Hall–Kier alpha value is -2.01. The number of aliphatic carboxylic acids is 1. The first kappa shape index (κ1) is 15.0. The molecule has 0 aliphatic rings. The summed E-state index contributed by atoms with van der Waals surface area (Å²) in [7, 11) is 0. The van der Waals surface area contributed by atoms with Gasteiger partial charge >= 0.3 is 5.97 Å². The van der Waals surface area contributed by atoms with Crippen molar-refractivity contribution in [1.82, 2.24) is 0 Å². The third-order valence-corrected chi connectivity index (χ3v) is 2.73. The van der Waals surface area contributed by atoms with Crippen molar-refractivity contribution in [3.63, 3.8) is 0 Å². The van der Waals surface area contributed by atoms with E-state index in [1.54, 1.807) is 18.2 Å². The summed E-state index contributed by atoms with van der Waals surface area (Å²) in [6, 6.07) is 4.62. The van der Waals surface area contributed by atoms with Gasteiger partial charge in [0.05, 0.1) is 17.4 Å². The quantitative estimate of drug-likeness (QED) is 0.748. The summed E-state index contributed by atoms with van der Waals surface area (Å²) in [6.45, 7) is 3.81. The monoisotopic (exact) mass is 283 g/mol. The first-order chi connectivity index (χ1) is 8.95. The summed E-state index contributed by atoms with van der Waals surface area (Å²) in [4.78, 5) is 22.0. The summed E-state index contributed by atoms with van der Waals surface area (Å²) >= 11 is 5.99. The number of amides is 1. The first-order valence-corrected chi connectivity index (χ1v) is 5.87. The molecule has 1 unspecified atom stereocenters. The lowest BCUT2D eigenvalue weighted by molar-refractivity contribution is -0.139. The van der Waals surface area contributed by atoms with E-state index >= 15 is 0 Å². The lowest BCUT2D eigenvalue weighted by atomic mass is 9.95. The van der Waals surface area contributed by atoms with Crippen LogP contribution in [0, 0.1) is 0 Å². The van der Waals surface area contributed by atoms with Crippen molar-refractivity contribution < 1.29 is 19.4 Å². The second-order valence-electron chi connectivity index (χ2n) is 3.84. The Balaban J connectivity index is 2.99. The van der Waals surface area contributed by atoms with Crippen molar-refractivity contribution in [2.75, 3.05) is 6.61 Å². The lowest BCUT2D eigenvalue weighted by Gasteiger charge is -2.13. The van der Waals surface area contributed by atoms with Gasteiger partial charge in [-0.05, 0) is 17.7 Å². The Labute approximate surface area is 115 Å². The van der Waals surface area contributed by atoms with Crippen LogP contribution in [0.15, 0.2) is 30.9 Å². The maximum Gasteiger partial charge on any atom is 0.304 e. The third kappa shape index (κ3) is 4.30. The lowest BCUT2D eigenvalue weighted by Crippen LogP contribution is -2.23. The molecule has 102 valence electrons. The molecule has 1 atom stereocenters. The van der Waals surface area contributed by atoms with E-state index in [9.17, 15) is 9.59 Å². The van der Waals surface area contributed by atoms with Crippen LogP contribution in [0.3, 0.4) is 0 Å². The van der Waals surface area contributed by atoms with Crippen molar-refractivity contribution >= 4 is 23.5 Å². The van der Waals surface area contributed by atoms with Crippen LogP contribution in [-0.4, -0.2) is 23.6 Å².